The molecule has 0 spiro atoms. The molecule has 0 saturated carbocycles. The number of anilines is 1. The van der Waals surface area contributed by atoms with Crippen LogP contribution in [0, 0.1) is 13.8 Å². The van der Waals surface area contributed by atoms with Gasteiger partial charge in [0.1, 0.15) is 0 Å². The van der Waals surface area contributed by atoms with Crippen LogP contribution in [0.1, 0.15) is 34.7 Å². The second-order valence-electron chi connectivity index (χ2n) is 5.30. The van der Waals surface area contributed by atoms with Gasteiger partial charge in [-0.15, -0.1) is 0 Å². The van der Waals surface area contributed by atoms with Crippen molar-refractivity contribution in [3.8, 4) is 0 Å². The Kier molecular flexibility index (Phi) is 2.83. The quantitative estimate of drug-likeness (QED) is 0.816. The lowest BCUT2D eigenvalue weighted by Gasteiger charge is -2.16. The van der Waals surface area contributed by atoms with Gasteiger partial charge in [-0.1, -0.05) is 41.5 Å². The highest BCUT2D eigenvalue weighted by atomic mass is 14.9. The minimum atomic E-state index is 0.475. The van der Waals surface area contributed by atoms with Crippen molar-refractivity contribution in [3.05, 3.63) is 64.7 Å². The maximum absolute atomic E-state index is 3.65. The predicted molar refractivity (Wildman–Crippen MR) is 77.0 cm³/mol. The largest absolute Gasteiger partial charge is 0.378 e. The maximum atomic E-state index is 3.65. The second kappa shape index (κ2) is 4.49. The highest BCUT2D eigenvalue weighted by Crippen LogP contribution is 2.34. The van der Waals surface area contributed by atoms with Gasteiger partial charge in [-0.2, -0.15) is 0 Å². The molecule has 1 aliphatic rings. The van der Waals surface area contributed by atoms with Gasteiger partial charge in [0, 0.05) is 5.69 Å². The summed E-state index contributed by atoms with van der Waals surface area (Å²) in [5.41, 5.74) is 6.87. The van der Waals surface area contributed by atoms with Crippen LogP contribution in [-0.2, 0) is 6.42 Å². The average molecular weight is 237 g/mol. The van der Waals surface area contributed by atoms with Gasteiger partial charge in [0.25, 0.3) is 0 Å². The standard InChI is InChI=1S/C17H19N/c1-12-4-8-15(9-5-12)18-17-10-7-14-6-3-13(2)11-16(14)17/h3-6,8-9,11,17-18H,7,10H2,1-2H3. The van der Waals surface area contributed by atoms with Gasteiger partial charge in [0.05, 0.1) is 6.04 Å². The number of aryl methyl sites for hydroxylation is 3. The molecular weight excluding hydrogens is 218 g/mol. The molecule has 2 aromatic rings. The number of nitrogens with one attached hydrogen (secondary N) is 1. The van der Waals surface area contributed by atoms with E-state index in [4.69, 9.17) is 0 Å². The van der Waals surface area contributed by atoms with Crippen molar-refractivity contribution in [1.29, 1.82) is 0 Å². The molecule has 1 unspecified atom stereocenters. The minimum Gasteiger partial charge on any atom is -0.378 e. The van der Waals surface area contributed by atoms with Crippen LogP contribution in [0.2, 0.25) is 0 Å². The highest BCUT2D eigenvalue weighted by Gasteiger charge is 2.21. The van der Waals surface area contributed by atoms with Crippen LogP contribution in [0.25, 0.3) is 0 Å². The molecule has 18 heavy (non-hydrogen) atoms. The Bertz CT molecular complexity index is 554. The van der Waals surface area contributed by atoms with E-state index in [0.29, 0.717) is 6.04 Å². The predicted octanol–water partition coefficient (Wildman–Crippen LogP) is 4.40. The van der Waals surface area contributed by atoms with E-state index in [2.05, 4.69) is 61.6 Å². The van der Waals surface area contributed by atoms with E-state index in [1.54, 1.807) is 0 Å². The number of fused-ring (bicyclic) bond motifs is 1. The van der Waals surface area contributed by atoms with Crippen molar-refractivity contribution < 1.29 is 0 Å². The zero-order valence-corrected chi connectivity index (χ0v) is 11.0. The Labute approximate surface area is 109 Å². The van der Waals surface area contributed by atoms with Crippen molar-refractivity contribution in [2.45, 2.75) is 32.7 Å². The lowest BCUT2D eigenvalue weighted by molar-refractivity contribution is 0.762. The topological polar surface area (TPSA) is 12.0 Å². The molecule has 0 bridgehead atoms. The third kappa shape index (κ3) is 2.13. The summed E-state index contributed by atoms with van der Waals surface area (Å²) in [6.45, 7) is 4.29. The molecule has 0 amide bonds. The smallest absolute Gasteiger partial charge is 0.0519 e. The Hall–Kier alpha value is -1.76. The molecule has 0 aliphatic heterocycles. The first kappa shape index (κ1) is 11.3. The molecule has 1 nitrogen and oxygen atoms in total. The molecule has 0 aromatic heterocycles. The van der Waals surface area contributed by atoms with Gasteiger partial charge in [-0.05, 0) is 49.9 Å². The van der Waals surface area contributed by atoms with Gasteiger partial charge >= 0.3 is 0 Å². The van der Waals surface area contributed by atoms with Crippen LogP contribution in [0.15, 0.2) is 42.5 Å². The molecule has 1 atom stereocenters. The number of benzene rings is 2. The fourth-order valence-corrected chi connectivity index (χ4v) is 2.72. The van der Waals surface area contributed by atoms with Crippen LogP contribution in [0.5, 0.6) is 0 Å². The monoisotopic (exact) mass is 237 g/mol. The van der Waals surface area contributed by atoms with Gasteiger partial charge in [0.15, 0.2) is 0 Å². The van der Waals surface area contributed by atoms with Crippen molar-refractivity contribution in [3.63, 3.8) is 0 Å². The normalized spacial score (nSPS) is 17.6. The summed E-state index contributed by atoms with van der Waals surface area (Å²) in [6.07, 6.45) is 2.39. The van der Waals surface area contributed by atoms with Gasteiger partial charge in [0.2, 0.25) is 0 Å². The summed E-state index contributed by atoms with van der Waals surface area (Å²) >= 11 is 0. The van der Waals surface area contributed by atoms with Crippen LogP contribution in [0.4, 0.5) is 5.69 Å². The first-order valence-corrected chi connectivity index (χ1v) is 6.65. The van der Waals surface area contributed by atoms with E-state index in [9.17, 15) is 0 Å². The first-order valence-electron chi connectivity index (χ1n) is 6.65. The molecule has 2 aromatic carbocycles. The summed E-state index contributed by atoms with van der Waals surface area (Å²) in [6, 6.07) is 16.0. The first-order chi connectivity index (χ1) is 8.72. The molecule has 1 N–H and O–H groups in total. The Morgan fingerprint density at radius 1 is 0.944 bits per heavy atom. The zero-order chi connectivity index (χ0) is 12.5. The maximum Gasteiger partial charge on any atom is 0.0519 e. The SMILES string of the molecule is Cc1ccc(NC2CCc3ccc(C)cc32)cc1. The Morgan fingerprint density at radius 2 is 1.67 bits per heavy atom. The fourth-order valence-electron chi connectivity index (χ4n) is 2.72. The Morgan fingerprint density at radius 3 is 2.44 bits per heavy atom. The molecular formula is C17H19N. The van der Waals surface area contributed by atoms with Crippen molar-refractivity contribution in [2.75, 3.05) is 5.32 Å². The third-order valence-corrected chi connectivity index (χ3v) is 3.77. The molecule has 0 radical (unpaired) electrons. The molecule has 0 saturated heterocycles. The van der Waals surface area contributed by atoms with Crippen LogP contribution < -0.4 is 5.32 Å². The summed E-state index contributed by atoms with van der Waals surface area (Å²) in [4.78, 5) is 0. The second-order valence-corrected chi connectivity index (χ2v) is 5.30. The third-order valence-electron chi connectivity index (χ3n) is 3.77. The summed E-state index contributed by atoms with van der Waals surface area (Å²) < 4.78 is 0. The average Bonchev–Trinajstić information content (AvgIpc) is 2.75. The fraction of sp³-hybridized carbons (Fsp3) is 0.294. The molecule has 92 valence electrons. The lowest BCUT2D eigenvalue weighted by Crippen LogP contribution is -2.07. The van der Waals surface area contributed by atoms with E-state index < -0.39 is 0 Å². The van der Waals surface area contributed by atoms with E-state index in [1.165, 1.54) is 40.8 Å². The van der Waals surface area contributed by atoms with Gasteiger partial charge in [-0.3, -0.25) is 0 Å². The molecule has 3 rings (SSSR count). The van der Waals surface area contributed by atoms with Crippen LogP contribution >= 0.6 is 0 Å². The van der Waals surface area contributed by atoms with E-state index in [0.717, 1.165) is 0 Å². The van der Waals surface area contributed by atoms with Crippen LogP contribution in [-0.4, -0.2) is 0 Å². The van der Waals surface area contributed by atoms with E-state index >= 15 is 0 Å². The lowest BCUT2D eigenvalue weighted by atomic mass is 10.0. The van der Waals surface area contributed by atoms with E-state index in [1.807, 2.05) is 0 Å². The van der Waals surface area contributed by atoms with Gasteiger partial charge < -0.3 is 5.32 Å². The Balaban J connectivity index is 1.84. The highest BCUT2D eigenvalue weighted by molar-refractivity contribution is 5.49. The van der Waals surface area contributed by atoms with E-state index in [-0.39, 0.29) is 0 Å². The summed E-state index contributed by atoms with van der Waals surface area (Å²) in [5, 5.41) is 3.65. The molecule has 0 fully saturated rings. The van der Waals surface area contributed by atoms with Crippen molar-refractivity contribution >= 4 is 5.69 Å². The number of hydrogen-bond donors (Lipinski definition) is 1. The molecule has 1 aliphatic carbocycles. The zero-order valence-electron chi connectivity index (χ0n) is 11.0. The summed E-state index contributed by atoms with van der Waals surface area (Å²) in [5.74, 6) is 0. The molecule has 1 heteroatoms. The number of hydrogen-bond acceptors (Lipinski definition) is 1. The molecule has 0 heterocycles. The van der Waals surface area contributed by atoms with Crippen molar-refractivity contribution in [1.82, 2.24) is 0 Å². The van der Waals surface area contributed by atoms with Crippen molar-refractivity contribution in [2.24, 2.45) is 0 Å². The van der Waals surface area contributed by atoms with Gasteiger partial charge in [-0.25, -0.2) is 0 Å². The minimum absolute atomic E-state index is 0.475. The number of rotatable bonds is 2. The van der Waals surface area contributed by atoms with Crippen LogP contribution in [0.3, 0.4) is 0 Å². The summed E-state index contributed by atoms with van der Waals surface area (Å²) in [7, 11) is 0.